The van der Waals surface area contributed by atoms with Crippen LogP contribution in [0.5, 0.6) is 0 Å². The van der Waals surface area contributed by atoms with Gasteiger partial charge in [-0.3, -0.25) is 0 Å². The van der Waals surface area contributed by atoms with Crippen molar-refractivity contribution >= 4 is 184 Å². The van der Waals surface area contributed by atoms with E-state index in [4.69, 9.17) is 17.7 Å². The lowest BCUT2D eigenvalue weighted by Crippen LogP contribution is -2.42. The Morgan fingerprint density at radius 2 is 0.642 bits per heavy atom. The summed E-state index contributed by atoms with van der Waals surface area (Å²) < 4.78 is 64.6. The monoisotopic (exact) mass is 1890 g/mol. The first-order valence-corrected chi connectivity index (χ1v) is 63.2. The number of benzene rings is 12. The molecule has 8 aromatic heterocycles. The molecule has 0 aliphatic carbocycles. The second-order valence-corrected chi connectivity index (χ2v) is 66.0. The highest BCUT2D eigenvalue weighted by molar-refractivity contribution is 6.90. The van der Waals surface area contributed by atoms with Crippen LogP contribution in [-0.2, 0) is 41.0 Å². The minimum atomic E-state index is -1.91. The van der Waals surface area contributed by atoms with Gasteiger partial charge in [0, 0.05) is 114 Å². The molecule has 0 amide bonds. The number of halogens is 2. The number of furan rings is 4. The van der Waals surface area contributed by atoms with Crippen LogP contribution in [0.1, 0.15) is 132 Å². The van der Waals surface area contributed by atoms with Crippen LogP contribution in [-0.4, -0.2) is 32.3 Å². The van der Waals surface area contributed by atoms with E-state index < -0.39 is 32.3 Å². The average Bonchev–Trinajstić information content (AvgIpc) is 1.71. The Morgan fingerprint density at radius 1 is 0.299 bits per heavy atom. The van der Waals surface area contributed by atoms with E-state index in [0.717, 1.165) is 107 Å². The molecule has 0 unspecified atom stereocenters. The zero-order valence-corrected chi connectivity index (χ0v) is 91.7. The molecule has 0 aliphatic heterocycles. The molecular weight excluding hydrogens is 1750 g/mol. The molecule has 12 aromatic carbocycles. The lowest BCUT2D eigenvalue weighted by Gasteiger charge is -2.22. The maximum absolute atomic E-state index is 15.4. The van der Waals surface area contributed by atoms with E-state index in [-0.39, 0.29) is 17.0 Å². The molecule has 0 N–H and O–H groups in total. The van der Waals surface area contributed by atoms with Crippen LogP contribution >= 0.6 is 0 Å². The standard InChI is InChI=1S/C32H36F2NOSi.C32H38NOSi.C31H36NOSi.C28H30NOSi/c1-18-12-24-22-11-10-21(33)14-28(22)36-31(24)30(19(18)2)27-13-20(17-32(3,4)5)23-15-25(34)29(37(7,8)9)16-26(23)35(27)6;1-19(2)14-23-17-28(33(6)27-16-21(4)30(18-25(23)27)35(7,8)9)31-22(5)20(3)15-26-24-12-10-11-13-29(24)34-32(26)31;1-18(2)23-16-27(32(6)26-15-20(4)29(17-24(23)26)34(7,8)9)30-21(5)19(3)14-25-22-12-10-11-13-28(22)33-31(25)30;1-17-14-22-21-10-8-9-11-25(21)30-28(22)27(19(17)3)23-13-12-20-16-26(31(5,6)7)18(2)15-24(20)29(23)4/h10-16H,17H2,1-9H3;10-13,15-19H,14H2,1-9H3;10-18H,1-9H3;8-16H,1-7H3/q4*+1. The molecule has 0 radical (unpaired) electrons. The molecule has 20 rings (SSSR count). The highest BCUT2D eigenvalue weighted by Gasteiger charge is 2.36. The van der Waals surface area contributed by atoms with Crippen molar-refractivity contribution in [2.24, 2.45) is 39.5 Å². The van der Waals surface area contributed by atoms with Crippen molar-refractivity contribution in [1.82, 2.24) is 0 Å². The summed E-state index contributed by atoms with van der Waals surface area (Å²) in [6.07, 6.45) is 1.87. The summed E-state index contributed by atoms with van der Waals surface area (Å²) in [6.45, 7) is 68.8. The van der Waals surface area contributed by atoms with Crippen LogP contribution in [0.25, 0.3) is 176 Å². The molecule has 0 fully saturated rings. The third-order valence-corrected chi connectivity index (χ3v) is 37.9. The smallest absolute Gasteiger partial charge is 0.217 e. The fourth-order valence-electron chi connectivity index (χ4n) is 21.8. The molecule has 8 heterocycles. The third-order valence-electron chi connectivity index (χ3n) is 29.4. The fourth-order valence-corrected chi connectivity index (χ4v) is 28.7. The second-order valence-electron chi connectivity index (χ2n) is 45.8. The van der Waals surface area contributed by atoms with Gasteiger partial charge in [-0.05, 0) is 274 Å². The van der Waals surface area contributed by atoms with Crippen LogP contribution in [0.3, 0.4) is 0 Å². The maximum atomic E-state index is 15.4. The van der Waals surface area contributed by atoms with Crippen molar-refractivity contribution in [1.29, 1.82) is 0 Å². The summed E-state index contributed by atoms with van der Waals surface area (Å²) in [5, 5.41) is 19.6. The fraction of sp³-hybridized carbons (Fsp3) is 0.317. The second kappa shape index (κ2) is 35.6. The zero-order valence-electron chi connectivity index (χ0n) is 87.7. The number of hydrogen-bond donors (Lipinski definition) is 0. The lowest BCUT2D eigenvalue weighted by atomic mass is 9.85. The van der Waals surface area contributed by atoms with Gasteiger partial charge >= 0.3 is 0 Å². The van der Waals surface area contributed by atoms with Crippen LogP contribution in [0.15, 0.2) is 212 Å². The number of para-hydroxylation sites is 3. The van der Waals surface area contributed by atoms with Crippen molar-refractivity contribution in [3.8, 4) is 45.0 Å². The summed E-state index contributed by atoms with van der Waals surface area (Å²) in [5.74, 6) is 0.588. The Hall–Kier alpha value is -11.8. The summed E-state index contributed by atoms with van der Waals surface area (Å²) >= 11 is 0. The third kappa shape index (κ3) is 17.6. The Morgan fingerprint density at radius 3 is 1.05 bits per heavy atom. The first kappa shape index (κ1) is 96.9. The molecule has 0 saturated heterocycles. The topological polar surface area (TPSA) is 68.1 Å². The summed E-state index contributed by atoms with van der Waals surface area (Å²) in [4.78, 5) is 0. The van der Waals surface area contributed by atoms with Crippen molar-refractivity contribution < 1.29 is 44.7 Å². The normalized spacial score (nSPS) is 12.6. The van der Waals surface area contributed by atoms with Gasteiger partial charge in [0.05, 0.1) is 59.9 Å². The Kier molecular flexibility index (Phi) is 25.2. The van der Waals surface area contributed by atoms with E-state index >= 15 is 4.39 Å². The number of fused-ring (bicyclic) bond motifs is 16. The predicted octanol–water partition coefficient (Wildman–Crippen LogP) is 30.7. The lowest BCUT2D eigenvalue weighted by molar-refractivity contribution is -0.633. The highest BCUT2D eigenvalue weighted by atomic mass is 28.3. The van der Waals surface area contributed by atoms with Gasteiger partial charge in [0.25, 0.3) is 0 Å². The van der Waals surface area contributed by atoms with Crippen molar-refractivity contribution in [3.05, 3.63) is 284 Å². The van der Waals surface area contributed by atoms with Crippen molar-refractivity contribution in [2.45, 2.75) is 222 Å². The van der Waals surface area contributed by atoms with Crippen LogP contribution in [0.4, 0.5) is 8.78 Å². The van der Waals surface area contributed by atoms with E-state index in [9.17, 15) is 4.39 Å². The molecule has 0 saturated carbocycles. The molecule has 702 valence electrons. The van der Waals surface area contributed by atoms with Gasteiger partial charge in [-0.25, -0.2) is 8.78 Å². The molecule has 8 nitrogen and oxygen atoms in total. The molecule has 0 spiro atoms. The van der Waals surface area contributed by atoms with Crippen LogP contribution in [0, 0.1) is 99.1 Å². The largest absolute Gasteiger partial charge is 0.455 e. The zero-order chi connectivity index (χ0) is 98.9. The molecule has 0 aliphatic rings. The summed E-state index contributed by atoms with van der Waals surface area (Å²) in [7, 11) is 2.48. The average molecular weight is 1890 g/mol. The SMILES string of the molecule is Cc1cc2c(cc1[Si](C)(C)C)c(C(C)C)cc(-c1c(C)c(C)cc3c1oc1ccccc13)[n+]2C.Cc1cc2c(cc1[Si](C)(C)C)c(CC(C)C)cc(-c1c(C)c(C)cc3c1oc1ccccc13)[n+]2C.Cc1cc2c(ccc(-c3c(C)c(C)cc4c3oc3ccccc34)[n+]2C)cc1[Si](C)(C)C.Cc1cc2c(oc3cc(F)ccc32)c(-c2cc(CC(C)(C)C)c3cc(F)c([Si](C)(C)C)cc3[n+]2C)c1C. The van der Waals surface area contributed by atoms with Gasteiger partial charge in [-0.1, -0.05) is 197 Å². The first-order chi connectivity index (χ1) is 64.3. The van der Waals surface area contributed by atoms with Gasteiger partial charge < -0.3 is 17.7 Å². The van der Waals surface area contributed by atoms with Gasteiger partial charge in [0.15, 0.2) is 0 Å². The summed E-state index contributed by atoms with van der Waals surface area (Å²) in [6, 6.07) is 68.9. The molecule has 0 bridgehead atoms. The predicted molar refractivity (Wildman–Crippen MR) is 591 cm³/mol. The Labute approximate surface area is 813 Å². The Balaban J connectivity index is 0.000000127. The number of aryl methyl sites for hydroxylation is 11. The van der Waals surface area contributed by atoms with Crippen molar-refractivity contribution in [2.75, 3.05) is 0 Å². The molecule has 14 heteroatoms. The highest BCUT2D eigenvalue weighted by Crippen LogP contribution is 2.46. The first-order valence-electron chi connectivity index (χ1n) is 49.2. The molecular formula is C123H140F2N4O4Si4+4. The minimum Gasteiger partial charge on any atom is -0.455 e. The van der Waals surface area contributed by atoms with Crippen molar-refractivity contribution in [3.63, 3.8) is 0 Å². The minimum absolute atomic E-state index is 0.0198. The van der Waals surface area contributed by atoms with E-state index in [1.807, 2.05) is 6.07 Å². The van der Waals surface area contributed by atoms with E-state index in [1.54, 1.807) is 27.7 Å². The number of rotatable bonds is 12. The van der Waals surface area contributed by atoms with E-state index in [0.29, 0.717) is 17.4 Å². The molecule has 137 heavy (non-hydrogen) atoms. The number of pyridine rings is 4. The van der Waals surface area contributed by atoms with Gasteiger partial charge in [-0.2, -0.15) is 18.3 Å². The van der Waals surface area contributed by atoms with Gasteiger partial charge in [0.2, 0.25) is 44.8 Å². The molecule has 0 atom stereocenters. The van der Waals surface area contributed by atoms with Crippen LogP contribution in [0.2, 0.25) is 78.6 Å². The van der Waals surface area contributed by atoms with Gasteiger partial charge in [0.1, 0.15) is 84.5 Å². The number of nitrogens with zero attached hydrogens (tertiary/aromatic N) is 4. The maximum Gasteiger partial charge on any atom is 0.217 e. The molecule has 20 aromatic rings. The number of aromatic nitrogens is 4. The van der Waals surface area contributed by atoms with E-state index in [2.05, 4.69) is 413 Å². The Bertz CT molecular complexity index is 8390. The van der Waals surface area contributed by atoms with Crippen LogP contribution < -0.4 is 39.0 Å². The van der Waals surface area contributed by atoms with Gasteiger partial charge in [-0.15, -0.1) is 0 Å². The summed E-state index contributed by atoms with van der Waals surface area (Å²) in [5.41, 5.74) is 39.5. The quantitative estimate of drug-likeness (QED) is 0.0903. The number of hydrogen-bond acceptors (Lipinski definition) is 4. The van der Waals surface area contributed by atoms with E-state index in [1.165, 1.54) is 172 Å².